The van der Waals surface area contributed by atoms with Crippen molar-refractivity contribution in [3.05, 3.63) is 41.2 Å². The molecule has 27 heavy (non-hydrogen) atoms. The van der Waals surface area contributed by atoms with Gasteiger partial charge < -0.3 is 10.0 Å². The molecule has 10 heteroatoms. The third-order valence-electron chi connectivity index (χ3n) is 4.69. The number of carbonyl (C=O) groups excluding carboxylic acids is 1. The van der Waals surface area contributed by atoms with E-state index in [4.69, 9.17) is 5.11 Å². The first kappa shape index (κ1) is 18.9. The highest BCUT2D eigenvalue weighted by atomic mass is 19.4. The van der Waals surface area contributed by atoms with Crippen LogP contribution in [0, 0.1) is 25.7 Å². The molecular formula is C17H17F3N4O3. The highest BCUT2D eigenvalue weighted by Gasteiger charge is 2.53. The first-order valence-corrected chi connectivity index (χ1v) is 8.17. The summed E-state index contributed by atoms with van der Waals surface area (Å²) < 4.78 is 40.8. The highest BCUT2D eigenvalue weighted by Crippen LogP contribution is 2.38. The van der Waals surface area contributed by atoms with E-state index >= 15 is 0 Å². The number of aliphatic carboxylic acids is 1. The molecule has 0 bridgehead atoms. The minimum absolute atomic E-state index is 0.0940. The Bertz CT molecular complexity index is 894. The number of aromatic nitrogens is 3. The Labute approximate surface area is 152 Å². The summed E-state index contributed by atoms with van der Waals surface area (Å²) in [6, 6.07) is 7.28. The summed E-state index contributed by atoms with van der Waals surface area (Å²) in [5.41, 5.74) is 1.90. The number of alkyl halides is 3. The van der Waals surface area contributed by atoms with Gasteiger partial charge in [-0.15, -0.1) is 5.10 Å². The normalized spacial score (nSPS) is 20.1. The van der Waals surface area contributed by atoms with Gasteiger partial charge in [-0.25, -0.2) is 4.68 Å². The van der Waals surface area contributed by atoms with Crippen LogP contribution in [0.15, 0.2) is 24.3 Å². The first-order chi connectivity index (χ1) is 12.6. The lowest BCUT2D eigenvalue weighted by molar-refractivity contribution is -0.187. The van der Waals surface area contributed by atoms with Crippen molar-refractivity contribution in [3.8, 4) is 5.69 Å². The summed E-state index contributed by atoms with van der Waals surface area (Å²) in [5.74, 6) is -6.13. The second kappa shape index (κ2) is 6.67. The molecule has 0 radical (unpaired) electrons. The number of likely N-dealkylation sites (tertiary alicyclic amines) is 1. The number of hydrogen-bond donors (Lipinski definition) is 1. The number of amides is 1. The molecule has 2 atom stereocenters. The lowest BCUT2D eigenvalue weighted by Crippen LogP contribution is -2.34. The van der Waals surface area contributed by atoms with Crippen LogP contribution in [0.2, 0.25) is 0 Å². The maximum atomic E-state index is 13.1. The van der Waals surface area contributed by atoms with Crippen LogP contribution in [0.4, 0.5) is 13.2 Å². The minimum atomic E-state index is -4.70. The van der Waals surface area contributed by atoms with Gasteiger partial charge in [0.25, 0.3) is 5.91 Å². The van der Waals surface area contributed by atoms with Gasteiger partial charge in [0.2, 0.25) is 0 Å². The Balaban J connectivity index is 1.88. The average Bonchev–Trinajstić information content (AvgIpc) is 3.18. The Morgan fingerprint density at radius 1 is 1.22 bits per heavy atom. The van der Waals surface area contributed by atoms with Gasteiger partial charge in [0.05, 0.1) is 23.2 Å². The van der Waals surface area contributed by atoms with E-state index < -0.39 is 43.0 Å². The van der Waals surface area contributed by atoms with Crippen LogP contribution in [0.1, 0.15) is 21.7 Å². The number of carboxylic acids is 1. The van der Waals surface area contributed by atoms with E-state index in [-0.39, 0.29) is 5.69 Å². The van der Waals surface area contributed by atoms with Crippen molar-refractivity contribution in [2.45, 2.75) is 20.0 Å². The van der Waals surface area contributed by atoms with Gasteiger partial charge in [-0.3, -0.25) is 9.59 Å². The van der Waals surface area contributed by atoms with E-state index in [0.29, 0.717) is 11.4 Å². The maximum Gasteiger partial charge on any atom is 0.394 e. The number of carboxylic acid groups (broad SMARTS) is 1. The quantitative estimate of drug-likeness (QED) is 0.879. The van der Waals surface area contributed by atoms with Crippen LogP contribution >= 0.6 is 0 Å². The van der Waals surface area contributed by atoms with Gasteiger partial charge in [-0.1, -0.05) is 17.3 Å². The zero-order chi connectivity index (χ0) is 19.9. The summed E-state index contributed by atoms with van der Waals surface area (Å²) in [7, 11) is 0. The molecule has 1 amide bonds. The van der Waals surface area contributed by atoms with E-state index in [0.717, 1.165) is 10.5 Å². The molecule has 0 spiro atoms. The Hall–Kier alpha value is -2.91. The summed E-state index contributed by atoms with van der Waals surface area (Å²) in [4.78, 5) is 24.7. The molecular weight excluding hydrogens is 365 g/mol. The number of rotatable bonds is 3. The van der Waals surface area contributed by atoms with Gasteiger partial charge in [-0.05, 0) is 31.5 Å². The van der Waals surface area contributed by atoms with Crippen molar-refractivity contribution in [1.82, 2.24) is 19.9 Å². The van der Waals surface area contributed by atoms with E-state index in [1.807, 2.05) is 19.1 Å². The third kappa shape index (κ3) is 3.51. The van der Waals surface area contributed by atoms with Crippen LogP contribution in [-0.4, -0.2) is 56.1 Å². The Kier molecular flexibility index (Phi) is 4.66. The first-order valence-electron chi connectivity index (χ1n) is 8.17. The Morgan fingerprint density at radius 3 is 2.48 bits per heavy atom. The van der Waals surface area contributed by atoms with E-state index in [1.54, 1.807) is 19.1 Å². The number of nitrogens with zero attached hydrogens (tertiary/aromatic N) is 4. The predicted octanol–water partition coefficient (Wildman–Crippen LogP) is 2.22. The molecule has 7 nitrogen and oxygen atoms in total. The number of aryl methyl sites for hydroxylation is 1. The second-order valence-electron chi connectivity index (χ2n) is 6.58. The van der Waals surface area contributed by atoms with Gasteiger partial charge >= 0.3 is 12.1 Å². The fourth-order valence-corrected chi connectivity index (χ4v) is 3.23. The molecule has 0 aliphatic carbocycles. The van der Waals surface area contributed by atoms with E-state index in [1.165, 1.54) is 4.68 Å². The molecule has 1 aromatic heterocycles. The molecule has 1 fully saturated rings. The SMILES string of the molecule is Cc1cccc(-n2nnc(C(=O)N3C[C@@H](C(F)(F)F)[C@H](C(=O)O)C3)c2C)c1. The van der Waals surface area contributed by atoms with Crippen molar-refractivity contribution in [3.63, 3.8) is 0 Å². The summed E-state index contributed by atoms with van der Waals surface area (Å²) >= 11 is 0. The van der Waals surface area contributed by atoms with E-state index in [2.05, 4.69) is 10.3 Å². The molecule has 3 rings (SSSR count). The highest BCUT2D eigenvalue weighted by molar-refractivity contribution is 5.94. The summed E-state index contributed by atoms with van der Waals surface area (Å²) in [6.07, 6.45) is -4.70. The molecule has 2 aromatic rings. The van der Waals surface area contributed by atoms with Gasteiger partial charge in [0.1, 0.15) is 0 Å². The number of benzene rings is 1. The Morgan fingerprint density at radius 2 is 1.93 bits per heavy atom. The van der Waals surface area contributed by atoms with Crippen molar-refractivity contribution >= 4 is 11.9 Å². The maximum absolute atomic E-state index is 13.1. The van der Waals surface area contributed by atoms with E-state index in [9.17, 15) is 22.8 Å². The molecule has 1 aliphatic rings. The van der Waals surface area contributed by atoms with Crippen molar-refractivity contribution in [2.24, 2.45) is 11.8 Å². The second-order valence-corrected chi connectivity index (χ2v) is 6.58. The largest absolute Gasteiger partial charge is 0.481 e. The lowest BCUT2D eigenvalue weighted by Gasteiger charge is -2.18. The standard InChI is InChI=1S/C17H17F3N4O3/c1-9-4-3-5-11(6-9)24-10(2)14(21-22-24)15(25)23-7-12(16(26)27)13(8-23)17(18,19)20/h3-6,12-13H,7-8H2,1-2H3,(H,26,27)/t12-,13-/m1/s1. The number of halogens is 3. The summed E-state index contributed by atoms with van der Waals surface area (Å²) in [6.45, 7) is 2.24. The molecule has 0 unspecified atom stereocenters. The van der Waals surface area contributed by atoms with Gasteiger partial charge in [-0.2, -0.15) is 13.2 Å². The van der Waals surface area contributed by atoms with Crippen LogP contribution in [0.3, 0.4) is 0 Å². The van der Waals surface area contributed by atoms with Gasteiger partial charge in [0.15, 0.2) is 5.69 Å². The predicted molar refractivity (Wildman–Crippen MR) is 87.4 cm³/mol. The monoisotopic (exact) mass is 382 g/mol. The van der Waals surface area contributed by atoms with Crippen LogP contribution in [0.5, 0.6) is 0 Å². The zero-order valence-electron chi connectivity index (χ0n) is 14.6. The van der Waals surface area contributed by atoms with Gasteiger partial charge in [0, 0.05) is 13.1 Å². The third-order valence-corrected chi connectivity index (χ3v) is 4.69. The van der Waals surface area contributed by atoms with Crippen LogP contribution < -0.4 is 0 Å². The lowest BCUT2D eigenvalue weighted by atomic mass is 9.96. The minimum Gasteiger partial charge on any atom is -0.481 e. The fourth-order valence-electron chi connectivity index (χ4n) is 3.23. The molecule has 144 valence electrons. The smallest absolute Gasteiger partial charge is 0.394 e. The molecule has 1 saturated heterocycles. The topological polar surface area (TPSA) is 88.3 Å². The van der Waals surface area contributed by atoms with Crippen LogP contribution in [-0.2, 0) is 4.79 Å². The average molecular weight is 382 g/mol. The molecule has 1 aliphatic heterocycles. The zero-order valence-corrected chi connectivity index (χ0v) is 14.6. The molecule has 2 heterocycles. The number of carbonyl (C=O) groups is 2. The summed E-state index contributed by atoms with van der Waals surface area (Å²) in [5, 5.41) is 16.8. The van der Waals surface area contributed by atoms with Crippen molar-refractivity contribution in [2.75, 3.05) is 13.1 Å². The van der Waals surface area contributed by atoms with Crippen molar-refractivity contribution in [1.29, 1.82) is 0 Å². The fraction of sp³-hybridized carbons (Fsp3) is 0.412. The van der Waals surface area contributed by atoms with Crippen molar-refractivity contribution < 1.29 is 27.9 Å². The molecule has 0 saturated carbocycles. The van der Waals surface area contributed by atoms with Crippen LogP contribution in [0.25, 0.3) is 5.69 Å². The number of hydrogen-bond acceptors (Lipinski definition) is 4. The molecule has 1 aromatic carbocycles. The molecule has 1 N–H and O–H groups in total.